The molecule has 0 unspecified atom stereocenters. The number of carbonyl (C=O) groups is 1. The van der Waals surface area contributed by atoms with Crippen molar-refractivity contribution in [3.05, 3.63) is 59.8 Å². The van der Waals surface area contributed by atoms with Gasteiger partial charge in [-0.05, 0) is 42.0 Å². The van der Waals surface area contributed by atoms with E-state index in [4.69, 9.17) is 0 Å². The highest BCUT2D eigenvalue weighted by Crippen LogP contribution is 2.29. The molecule has 0 saturated carbocycles. The Morgan fingerprint density at radius 1 is 1.17 bits per heavy atom. The SMILES string of the molecule is CN(C)c1cc(C2CCN(C(=O)Cc3ccccc3)CC2)ccn1. The Bertz CT molecular complexity index is 676. The number of anilines is 1. The highest BCUT2D eigenvalue weighted by molar-refractivity contribution is 5.78. The third-order valence-electron chi connectivity index (χ3n) is 4.74. The van der Waals surface area contributed by atoms with Crippen molar-refractivity contribution in [3.63, 3.8) is 0 Å². The average molecular weight is 323 g/mol. The Labute approximate surface area is 144 Å². The van der Waals surface area contributed by atoms with Gasteiger partial charge in [0.2, 0.25) is 5.91 Å². The maximum absolute atomic E-state index is 12.5. The fraction of sp³-hybridized carbons (Fsp3) is 0.400. The van der Waals surface area contributed by atoms with E-state index >= 15 is 0 Å². The molecule has 24 heavy (non-hydrogen) atoms. The number of carbonyl (C=O) groups excluding carboxylic acids is 1. The summed E-state index contributed by atoms with van der Waals surface area (Å²) >= 11 is 0. The van der Waals surface area contributed by atoms with E-state index in [0.29, 0.717) is 12.3 Å². The molecule has 1 fully saturated rings. The maximum atomic E-state index is 12.5. The van der Waals surface area contributed by atoms with E-state index in [2.05, 4.69) is 17.1 Å². The van der Waals surface area contributed by atoms with Crippen LogP contribution in [0.25, 0.3) is 0 Å². The number of hydrogen-bond donors (Lipinski definition) is 0. The molecule has 1 aromatic heterocycles. The molecule has 0 radical (unpaired) electrons. The average Bonchev–Trinajstić information content (AvgIpc) is 2.63. The molecule has 0 bridgehead atoms. The molecule has 0 spiro atoms. The molecule has 2 aromatic rings. The van der Waals surface area contributed by atoms with Crippen molar-refractivity contribution in [1.82, 2.24) is 9.88 Å². The van der Waals surface area contributed by atoms with Gasteiger partial charge in [-0.2, -0.15) is 0 Å². The van der Waals surface area contributed by atoms with Crippen LogP contribution < -0.4 is 4.90 Å². The van der Waals surface area contributed by atoms with E-state index in [9.17, 15) is 4.79 Å². The van der Waals surface area contributed by atoms with Crippen LogP contribution in [0.5, 0.6) is 0 Å². The van der Waals surface area contributed by atoms with Crippen molar-refractivity contribution in [1.29, 1.82) is 0 Å². The topological polar surface area (TPSA) is 36.4 Å². The van der Waals surface area contributed by atoms with Crippen LogP contribution in [-0.2, 0) is 11.2 Å². The van der Waals surface area contributed by atoms with Gasteiger partial charge in [0.1, 0.15) is 5.82 Å². The van der Waals surface area contributed by atoms with Crippen LogP contribution in [0.1, 0.15) is 29.9 Å². The van der Waals surface area contributed by atoms with E-state index in [1.54, 1.807) is 0 Å². The zero-order valence-electron chi connectivity index (χ0n) is 14.5. The quantitative estimate of drug-likeness (QED) is 0.867. The largest absolute Gasteiger partial charge is 0.363 e. The lowest BCUT2D eigenvalue weighted by molar-refractivity contribution is -0.131. The molecule has 126 valence electrons. The van der Waals surface area contributed by atoms with Crippen molar-refractivity contribution in [2.75, 3.05) is 32.1 Å². The molecule has 0 N–H and O–H groups in total. The van der Waals surface area contributed by atoms with Gasteiger partial charge >= 0.3 is 0 Å². The van der Waals surface area contributed by atoms with Gasteiger partial charge in [0.25, 0.3) is 0 Å². The molecule has 1 aliphatic rings. The number of pyridine rings is 1. The highest BCUT2D eigenvalue weighted by atomic mass is 16.2. The predicted molar refractivity (Wildman–Crippen MR) is 97.3 cm³/mol. The molecule has 4 nitrogen and oxygen atoms in total. The van der Waals surface area contributed by atoms with Gasteiger partial charge in [0, 0.05) is 33.4 Å². The van der Waals surface area contributed by atoms with E-state index in [0.717, 1.165) is 37.3 Å². The molecule has 0 atom stereocenters. The van der Waals surface area contributed by atoms with Crippen molar-refractivity contribution >= 4 is 11.7 Å². The number of amides is 1. The second kappa shape index (κ2) is 7.47. The summed E-state index contributed by atoms with van der Waals surface area (Å²) in [6.07, 6.45) is 4.44. The normalized spacial score (nSPS) is 15.3. The molecule has 1 amide bonds. The van der Waals surface area contributed by atoms with Crippen molar-refractivity contribution in [2.45, 2.75) is 25.2 Å². The van der Waals surface area contributed by atoms with E-state index in [1.807, 2.05) is 60.4 Å². The Kier molecular flexibility index (Phi) is 5.14. The van der Waals surface area contributed by atoms with Crippen molar-refractivity contribution in [3.8, 4) is 0 Å². The first kappa shape index (κ1) is 16.5. The lowest BCUT2D eigenvalue weighted by atomic mass is 9.89. The molecular weight excluding hydrogens is 298 g/mol. The summed E-state index contributed by atoms with van der Waals surface area (Å²) in [6.45, 7) is 1.69. The Hall–Kier alpha value is -2.36. The Morgan fingerprint density at radius 2 is 1.88 bits per heavy atom. The number of hydrogen-bond acceptors (Lipinski definition) is 3. The molecule has 1 saturated heterocycles. The number of rotatable bonds is 4. The minimum atomic E-state index is 0.239. The molecule has 0 aliphatic carbocycles. The van der Waals surface area contributed by atoms with Gasteiger partial charge in [-0.15, -0.1) is 0 Å². The van der Waals surface area contributed by atoms with Gasteiger partial charge in [-0.25, -0.2) is 4.98 Å². The molecule has 1 aliphatic heterocycles. The number of piperidine rings is 1. The smallest absolute Gasteiger partial charge is 0.226 e. The molecule has 4 heteroatoms. The van der Waals surface area contributed by atoms with Crippen molar-refractivity contribution in [2.24, 2.45) is 0 Å². The second-order valence-electron chi connectivity index (χ2n) is 6.66. The highest BCUT2D eigenvalue weighted by Gasteiger charge is 2.24. The van der Waals surface area contributed by atoms with Crippen LogP contribution in [0.3, 0.4) is 0 Å². The number of aromatic nitrogens is 1. The molecular formula is C20H25N3O. The van der Waals surface area contributed by atoms with Gasteiger partial charge in [-0.3, -0.25) is 4.79 Å². The first-order valence-corrected chi connectivity index (χ1v) is 8.58. The standard InChI is InChI=1S/C20H25N3O/c1-22(2)19-15-18(8-11-21-19)17-9-12-23(13-10-17)20(24)14-16-6-4-3-5-7-16/h3-8,11,15,17H,9-10,12-14H2,1-2H3. The third kappa shape index (κ3) is 3.94. The van der Waals surface area contributed by atoms with Crippen LogP contribution >= 0.6 is 0 Å². The van der Waals surface area contributed by atoms with Gasteiger partial charge < -0.3 is 9.80 Å². The summed E-state index contributed by atoms with van der Waals surface area (Å²) in [4.78, 5) is 20.9. The lowest BCUT2D eigenvalue weighted by Gasteiger charge is -2.32. The second-order valence-corrected chi connectivity index (χ2v) is 6.66. The monoisotopic (exact) mass is 323 g/mol. The first-order chi connectivity index (χ1) is 11.6. The summed E-state index contributed by atoms with van der Waals surface area (Å²) < 4.78 is 0. The summed E-state index contributed by atoms with van der Waals surface area (Å²) in [7, 11) is 4.02. The number of benzene rings is 1. The zero-order chi connectivity index (χ0) is 16.9. The van der Waals surface area contributed by atoms with Gasteiger partial charge in [-0.1, -0.05) is 30.3 Å². The Morgan fingerprint density at radius 3 is 2.54 bits per heavy atom. The number of nitrogens with zero attached hydrogens (tertiary/aromatic N) is 3. The van der Waals surface area contributed by atoms with Gasteiger partial charge in [0.05, 0.1) is 6.42 Å². The summed E-state index contributed by atoms with van der Waals surface area (Å²) in [5.41, 5.74) is 2.43. The molecule has 2 heterocycles. The van der Waals surface area contributed by atoms with Crippen LogP contribution in [0.2, 0.25) is 0 Å². The van der Waals surface area contributed by atoms with Crippen LogP contribution in [0, 0.1) is 0 Å². The van der Waals surface area contributed by atoms with Crippen LogP contribution in [0.15, 0.2) is 48.7 Å². The van der Waals surface area contributed by atoms with Crippen LogP contribution in [-0.4, -0.2) is 43.0 Å². The summed E-state index contributed by atoms with van der Waals surface area (Å²) in [6, 6.07) is 14.3. The van der Waals surface area contributed by atoms with Gasteiger partial charge in [0.15, 0.2) is 0 Å². The third-order valence-corrected chi connectivity index (χ3v) is 4.74. The lowest BCUT2D eigenvalue weighted by Crippen LogP contribution is -2.38. The zero-order valence-corrected chi connectivity index (χ0v) is 14.5. The fourth-order valence-electron chi connectivity index (χ4n) is 3.28. The van der Waals surface area contributed by atoms with E-state index in [1.165, 1.54) is 5.56 Å². The van der Waals surface area contributed by atoms with E-state index in [-0.39, 0.29) is 5.91 Å². The minimum absolute atomic E-state index is 0.239. The fourth-order valence-corrected chi connectivity index (χ4v) is 3.28. The predicted octanol–water partition coefficient (Wildman–Crippen LogP) is 3.10. The molecule has 1 aromatic carbocycles. The minimum Gasteiger partial charge on any atom is -0.363 e. The summed E-state index contributed by atoms with van der Waals surface area (Å²) in [5, 5.41) is 0. The van der Waals surface area contributed by atoms with Crippen molar-refractivity contribution < 1.29 is 4.79 Å². The van der Waals surface area contributed by atoms with Crippen LogP contribution in [0.4, 0.5) is 5.82 Å². The number of likely N-dealkylation sites (tertiary alicyclic amines) is 1. The Balaban J connectivity index is 1.57. The maximum Gasteiger partial charge on any atom is 0.226 e. The van der Waals surface area contributed by atoms with E-state index < -0.39 is 0 Å². The summed E-state index contributed by atoms with van der Waals surface area (Å²) in [5.74, 6) is 1.76. The molecule has 3 rings (SSSR count). The first-order valence-electron chi connectivity index (χ1n) is 8.58.